The van der Waals surface area contributed by atoms with Crippen molar-refractivity contribution in [1.82, 2.24) is 9.21 Å². The van der Waals surface area contributed by atoms with Crippen molar-refractivity contribution >= 4 is 35.8 Å². The van der Waals surface area contributed by atoms with E-state index in [9.17, 15) is 13.2 Å². The Morgan fingerprint density at radius 3 is 2.19 bits per heavy atom. The Balaban J connectivity index is 1.65. The van der Waals surface area contributed by atoms with Gasteiger partial charge >= 0.3 is 0 Å². The van der Waals surface area contributed by atoms with Crippen LogP contribution in [-0.2, 0) is 25.8 Å². The zero-order valence-electron chi connectivity index (χ0n) is 22.6. The number of benzene rings is 2. The van der Waals surface area contributed by atoms with Gasteiger partial charge in [-0.1, -0.05) is 68.8 Å². The van der Waals surface area contributed by atoms with Crippen LogP contribution in [0.3, 0.4) is 0 Å². The van der Waals surface area contributed by atoms with E-state index in [0.717, 1.165) is 11.1 Å². The summed E-state index contributed by atoms with van der Waals surface area (Å²) >= 11 is 6.69. The van der Waals surface area contributed by atoms with Crippen molar-refractivity contribution in [2.45, 2.75) is 93.7 Å². The summed E-state index contributed by atoms with van der Waals surface area (Å²) in [5.74, 6) is -0.172. The first-order valence-electron chi connectivity index (χ1n) is 13.0. The van der Waals surface area contributed by atoms with Crippen molar-refractivity contribution in [2.24, 2.45) is 0 Å². The van der Waals surface area contributed by atoms with Gasteiger partial charge < -0.3 is 9.33 Å². The summed E-state index contributed by atoms with van der Waals surface area (Å²) in [4.78, 5) is 15.6. The van der Waals surface area contributed by atoms with Crippen molar-refractivity contribution in [2.75, 3.05) is 6.54 Å². The first kappa shape index (κ1) is 28.3. The van der Waals surface area contributed by atoms with E-state index in [-0.39, 0.29) is 40.4 Å². The third kappa shape index (κ3) is 6.14. The molecule has 0 spiro atoms. The predicted octanol–water partition coefficient (Wildman–Crippen LogP) is 5.56. The third-order valence-corrected chi connectivity index (χ3v) is 14.9. The fourth-order valence-corrected chi connectivity index (χ4v) is 8.35. The number of rotatable bonds is 6. The number of carbonyl (C=O) groups is 1. The summed E-state index contributed by atoms with van der Waals surface area (Å²) in [7, 11) is -5.90. The maximum absolute atomic E-state index is 13.6. The summed E-state index contributed by atoms with van der Waals surface area (Å²) in [5.41, 5.74) is 2.03. The normalized spacial score (nSPS) is 27.2. The van der Waals surface area contributed by atoms with Crippen LogP contribution in [-0.4, -0.2) is 62.0 Å². The molecule has 0 aliphatic carbocycles. The van der Waals surface area contributed by atoms with E-state index in [0.29, 0.717) is 19.5 Å². The second-order valence-corrected chi connectivity index (χ2v) is 19.1. The molecule has 0 N–H and O–H groups in total. The lowest BCUT2D eigenvalue weighted by molar-refractivity contribution is -0.132. The number of carbonyl (C=O) groups excluding carboxylic acids is 1. The van der Waals surface area contributed by atoms with Crippen molar-refractivity contribution in [3.8, 4) is 0 Å². The van der Waals surface area contributed by atoms with E-state index < -0.39 is 23.7 Å². The summed E-state index contributed by atoms with van der Waals surface area (Å²) in [6.45, 7) is 13.7. The van der Waals surface area contributed by atoms with Gasteiger partial charge in [-0.05, 0) is 55.6 Å². The molecule has 0 bridgehead atoms. The van der Waals surface area contributed by atoms with Gasteiger partial charge in [-0.15, -0.1) is 11.6 Å². The van der Waals surface area contributed by atoms with Gasteiger partial charge in [-0.3, -0.25) is 4.79 Å². The Morgan fingerprint density at radius 2 is 1.59 bits per heavy atom. The van der Waals surface area contributed by atoms with Crippen LogP contribution in [0.4, 0.5) is 0 Å². The molecule has 9 heteroatoms. The van der Waals surface area contributed by atoms with E-state index in [1.807, 2.05) is 49.4 Å². The molecule has 2 saturated heterocycles. The smallest absolute Gasteiger partial charge is 0.243 e. The molecule has 0 saturated carbocycles. The van der Waals surface area contributed by atoms with Gasteiger partial charge in [-0.2, -0.15) is 4.31 Å². The SMILES string of the molecule is Cc1ccc(S(=O)(=O)N2[C@H]3C[C@@H](O[Si](C)(C)C(C)(C)C)CN(Cc4ccccc4)C(=O)[C@H](Cl)C[C@@H]32)cc1. The molecule has 2 heterocycles. The number of amides is 1. The monoisotopic (exact) mass is 562 g/mol. The molecule has 2 aromatic carbocycles. The van der Waals surface area contributed by atoms with Crippen molar-refractivity contribution in [3.05, 3.63) is 65.7 Å². The van der Waals surface area contributed by atoms with E-state index in [1.54, 1.807) is 21.3 Å². The quantitative estimate of drug-likeness (QED) is 0.263. The zero-order valence-corrected chi connectivity index (χ0v) is 25.2. The maximum atomic E-state index is 13.6. The van der Waals surface area contributed by atoms with Gasteiger partial charge in [0.25, 0.3) is 0 Å². The number of nitrogens with zero attached hydrogens (tertiary/aromatic N) is 2. The molecule has 1 amide bonds. The molecular weight excluding hydrogens is 524 g/mol. The molecular formula is C28H39ClN2O4SSi. The Labute approximate surface area is 228 Å². The van der Waals surface area contributed by atoms with Gasteiger partial charge in [0.1, 0.15) is 5.38 Å². The Kier molecular flexibility index (Phi) is 7.99. The molecule has 1 unspecified atom stereocenters. The lowest BCUT2D eigenvalue weighted by atomic mass is 10.1. The number of sulfonamides is 1. The van der Waals surface area contributed by atoms with Crippen LogP contribution in [0.15, 0.2) is 59.5 Å². The predicted molar refractivity (Wildman–Crippen MR) is 151 cm³/mol. The Hall–Kier alpha value is -1.71. The molecule has 5 atom stereocenters. The highest BCUT2D eigenvalue weighted by Gasteiger charge is 2.58. The van der Waals surface area contributed by atoms with E-state index in [4.69, 9.17) is 16.0 Å². The average Bonchev–Trinajstić information content (AvgIpc) is 3.49. The summed E-state index contributed by atoms with van der Waals surface area (Å²) in [6, 6.07) is 16.2. The van der Waals surface area contributed by atoms with Gasteiger partial charge in [0.15, 0.2) is 8.32 Å². The standard InChI is InChI=1S/C28H39ClN2O4SSi/c1-20-12-14-23(15-13-20)36(33,34)31-25-16-22(35-37(5,6)28(2,3)4)19-30(18-21-10-8-7-9-11-21)27(32)24(29)17-26(25)31/h7-15,22,24-26H,16-19H2,1-6H3/t22-,24-,25+,26+,31?/m1/s1. The van der Waals surface area contributed by atoms with Crippen molar-refractivity contribution in [1.29, 1.82) is 0 Å². The van der Waals surface area contributed by atoms with Crippen LogP contribution in [0.5, 0.6) is 0 Å². The molecule has 2 aliphatic rings. The number of fused-ring (bicyclic) bond motifs is 1. The molecule has 2 aliphatic heterocycles. The van der Waals surface area contributed by atoms with E-state index in [2.05, 4.69) is 33.9 Å². The number of aryl methyl sites for hydroxylation is 1. The molecule has 2 fully saturated rings. The first-order chi connectivity index (χ1) is 17.2. The minimum atomic E-state index is -3.70. The topological polar surface area (TPSA) is 66.7 Å². The molecule has 0 aromatic heterocycles. The minimum Gasteiger partial charge on any atom is -0.412 e. The second kappa shape index (κ2) is 10.5. The maximum Gasteiger partial charge on any atom is 0.243 e. The van der Waals surface area contributed by atoms with Crippen molar-refractivity contribution in [3.63, 3.8) is 0 Å². The van der Waals surface area contributed by atoms with Crippen LogP contribution >= 0.6 is 11.6 Å². The fourth-order valence-electron chi connectivity index (χ4n) is 4.84. The van der Waals surface area contributed by atoms with Crippen LogP contribution in [0, 0.1) is 6.92 Å². The van der Waals surface area contributed by atoms with Crippen molar-refractivity contribution < 1.29 is 17.6 Å². The lowest BCUT2D eigenvalue weighted by Gasteiger charge is -2.40. The van der Waals surface area contributed by atoms with Gasteiger partial charge in [0.2, 0.25) is 15.9 Å². The van der Waals surface area contributed by atoms with Crippen LogP contribution in [0.2, 0.25) is 18.1 Å². The van der Waals surface area contributed by atoms with Crippen LogP contribution in [0.1, 0.15) is 44.7 Å². The highest BCUT2D eigenvalue weighted by Crippen LogP contribution is 2.45. The minimum absolute atomic E-state index is 0.0225. The zero-order chi connectivity index (χ0) is 27.2. The Bertz CT molecular complexity index is 1210. The average molecular weight is 563 g/mol. The largest absolute Gasteiger partial charge is 0.412 e. The summed E-state index contributed by atoms with van der Waals surface area (Å²) < 4.78 is 35.6. The molecule has 0 radical (unpaired) electrons. The summed E-state index contributed by atoms with van der Waals surface area (Å²) in [5, 5.41) is -0.827. The second-order valence-electron chi connectivity index (χ2n) is 11.9. The number of hydrogen-bond donors (Lipinski definition) is 0. The molecule has 6 nitrogen and oxygen atoms in total. The Morgan fingerprint density at radius 1 is 1.00 bits per heavy atom. The number of halogens is 1. The van der Waals surface area contributed by atoms with Crippen LogP contribution < -0.4 is 0 Å². The number of alkyl halides is 1. The fraction of sp³-hybridized carbons (Fsp3) is 0.536. The molecule has 202 valence electrons. The van der Waals surface area contributed by atoms with E-state index >= 15 is 0 Å². The van der Waals surface area contributed by atoms with Gasteiger partial charge in [0, 0.05) is 25.2 Å². The highest BCUT2D eigenvalue weighted by atomic mass is 35.5. The lowest BCUT2D eigenvalue weighted by Crippen LogP contribution is -2.49. The van der Waals surface area contributed by atoms with Crippen LogP contribution in [0.25, 0.3) is 0 Å². The highest BCUT2D eigenvalue weighted by molar-refractivity contribution is 7.89. The summed E-state index contributed by atoms with van der Waals surface area (Å²) in [6.07, 6.45) is 0.528. The van der Waals surface area contributed by atoms with Gasteiger partial charge in [-0.25, -0.2) is 8.42 Å². The molecule has 2 aromatic rings. The molecule has 4 rings (SSSR count). The van der Waals surface area contributed by atoms with E-state index in [1.165, 1.54) is 0 Å². The van der Waals surface area contributed by atoms with Gasteiger partial charge in [0.05, 0.1) is 11.0 Å². The molecule has 37 heavy (non-hydrogen) atoms. The third-order valence-electron chi connectivity index (χ3n) is 8.04. The first-order valence-corrected chi connectivity index (χ1v) is 17.7. The number of hydrogen-bond acceptors (Lipinski definition) is 4.